The van der Waals surface area contributed by atoms with Crippen molar-refractivity contribution in [1.82, 2.24) is 6.15 Å². The first-order valence-electron chi connectivity index (χ1n) is 10.9. The molecule has 0 atom stereocenters. The minimum atomic E-state index is -0.155. The van der Waals surface area contributed by atoms with Crippen molar-refractivity contribution in [1.29, 1.82) is 0 Å². The van der Waals surface area contributed by atoms with E-state index < -0.39 is 0 Å². The fraction of sp³-hybridized carbons (Fsp3) is 0.955. The summed E-state index contributed by atoms with van der Waals surface area (Å²) in [5.41, 5.74) is 5.09. The number of rotatable bonds is 16. The first-order valence-corrected chi connectivity index (χ1v) is 10.9. The lowest BCUT2D eigenvalue weighted by atomic mass is 10.0. The predicted octanol–water partition coefficient (Wildman–Crippen LogP) is 6.64. The molecule has 0 saturated heterocycles. The van der Waals surface area contributed by atoms with E-state index >= 15 is 0 Å². The van der Waals surface area contributed by atoms with Gasteiger partial charge in [-0.25, -0.2) is 0 Å². The van der Waals surface area contributed by atoms with Crippen LogP contribution < -0.4 is 11.9 Å². The molecule has 0 aliphatic rings. The number of hydrogen-bond acceptors (Lipinski definition) is 2. The van der Waals surface area contributed by atoms with Crippen LogP contribution in [0.15, 0.2) is 0 Å². The van der Waals surface area contributed by atoms with Gasteiger partial charge >= 0.3 is 0 Å². The molecule has 0 saturated carbocycles. The quantitative estimate of drug-likeness (QED) is 0.221. The first kappa shape index (κ1) is 34.2. The number of halogens is 1. The molecule has 0 bridgehead atoms. The third kappa shape index (κ3) is 41.3. The van der Waals surface area contributed by atoms with Crippen molar-refractivity contribution in [3.63, 3.8) is 0 Å². The van der Waals surface area contributed by atoms with E-state index in [1.807, 2.05) is 0 Å². The highest BCUT2D eigenvalue weighted by Crippen LogP contribution is 2.12. The summed E-state index contributed by atoms with van der Waals surface area (Å²) in [4.78, 5) is 10.5. The van der Waals surface area contributed by atoms with E-state index in [4.69, 9.17) is 5.73 Å². The molecule has 168 valence electrons. The molecular weight excluding hydrogens is 358 g/mol. The van der Waals surface area contributed by atoms with Gasteiger partial charge in [0, 0.05) is 6.42 Å². The van der Waals surface area contributed by atoms with Gasteiger partial charge in [0.05, 0.1) is 27.7 Å². The fourth-order valence-corrected chi connectivity index (χ4v) is 2.99. The third-order valence-electron chi connectivity index (χ3n) is 4.42. The van der Waals surface area contributed by atoms with Crippen LogP contribution in [0.2, 0.25) is 0 Å². The van der Waals surface area contributed by atoms with Crippen LogP contribution in [0.5, 0.6) is 0 Å². The lowest BCUT2D eigenvalue weighted by molar-refractivity contribution is -0.870. The molecule has 0 heterocycles. The zero-order chi connectivity index (χ0) is 19.4. The molecule has 0 rings (SSSR count). The minimum Gasteiger partial charge on any atom is -0.370 e. The lowest BCUT2D eigenvalue weighted by Gasteiger charge is -2.22. The largest absolute Gasteiger partial charge is 0.370 e. The monoisotopic (exact) mass is 410 g/mol. The van der Waals surface area contributed by atoms with Gasteiger partial charge < -0.3 is 16.4 Å². The summed E-state index contributed by atoms with van der Waals surface area (Å²) in [6.45, 7) is 5.76. The highest BCUT2D eigenvalue weighted by atomic mass is 35.5. The molecule has 0 unspecified atom stereocenters. The van der Waals surface area contributed by atoms with Crippen LogP contribution >= 0.6 is 12.4 Å². The topological polar surface area (TPSA) is 78.1 Å². The number of nitrogens with two attached hydrogens (primary N) is 1. The lowest BCUT2D eigenvalue weighted by Crippen LogP contribution is -2.34. The number of hydrogen-bond donors (Lipinski definition) is 2. The minimum absolute atomic E-state index is 0. The highest BCUT2D eigenvalue weighted by Gasteiger charge is 2.01. The Balaban J connectivity index is -0.000000252. The Morgan fingerprint density at radius 2 is 1.00 bits per heavy atom. The van der Waals surface area contributed by atoms with Crippen molar-refractivity contribution >= 4 is 18.3 Å². The summed E-state index contributed by atoms with van der Waals surface area (Å²) in [6, 6.07) is 0. The standard InChI is InChI=1S/C16H33NO.C6H16N.ClH.H3N/c1-2-3-4-5-6-7-8-9-10-11-12-13-14-15-16(17)18;1-5-6-7(2,3)4;;/h2-15H2,1H3,(H2,17,18);5-6H2,1-4H3;1H;1H3/q;+1;;. The predicted molar refractivity (Wildman–Crippen MR) is 125 cm³/mol. The van der Waals surface area contributed by atoms with Gasteiger partial charge in [-0.15, -0.1) is 12.4 Å². The summed E-state index contributed by atoms with van der Waals surface area (Å²) >= 11 is 0. The van der Waals surface area contributed by atoms with Gasteiger partial charge in [-0.3, -0.25) is 4.79 Å². The van der Waals surface area contributed by atoms with Crippen LogP contribution in [0.1, 0.15) is 110 Å². The number of amides is 1. The summed E-state index contributed by atoms with van der Waals surface area (Å²) in [7, 11) is 6.64. The first-order chi connectivity index (χ1) is 11.8. The van der Waals surface area contributed by atoms with Crippen molar-refractivity contribution in [3.8, 4) is 0 Å². The van der Waals surface area contributed by atoms with E-state index in [0.717, 1.165) is 10.9 Å². The Kier molecular flexibility index (Phi) is 32.5. The molecule has 0 fully saturated rings. The van der Waals surface area contributed by atoms with Crippen molar-refractivity contribution in [2.24, 2.45) is 5.73 Å². The Morgan fingerprint density at radius 1 is 0.667 bits per heavy atom. The zero-order valence-corrected chi connectivity index (χ0v) is 20.2. The molecule has 5 heteroatoms. The fourth-order valence-electron chi connectivity index (χ4n) is 2.99. The maximum atomic E-state index is 10.5. The number of unbranched alkanes of at least 4 members (excludes halogenated alkanes) is 12. The van der Waals surface area contributed by atoms with Gasteiger partial charge in [-0.05, 0) is 12.8 Å². The molecule has 0 radical (unpaired) electrons. The summed E-state index contributed by atoms with van der Waals surface area (Å²) in [5.74, 6) is -0.155. The SMILES string of the molecule is CCCCCCCCCCCCCCCC(N)=O.CCC[N+](C)(C)C.Cl.N. The number of nitrogens with zero attached hydrogens (tertiary/aromatic N) is 1. The van der Waals surface area contributed by atoms with Crippen molar-refractivity contribution in [2.45, 2.75) is 110 Å². The molecule has 27 heavy (non-hydrogen) atoms. The smallest absolute Gasteiger partial charge is 0.217 e. The number of carbonyl (C=O) groups excluding carboxylic acids is 1. The zero-order valence-electron chi connectivity index (χ0n) is 19.4. The Hall–Kier alpha value is -0.320. The molecule has 5 N–H and O–H groups in total. The van der Waals surface area contributed by atoms with Gasteiger partial charge in [0.15, 0.2) is 0 Å². The average molecular weight is 411 g/mol. The molecule has 0 aliphatic carbocycles. The van der Waals surface area contributed by atoms with Crippen LogP contribution in [-0.2, 0) is 4.79 Å². The van der Waals surface area contributed by atoms with E-state index in [9.17, 15) is 4.79 Å². The van der Waals surface area contributed by atoms with Crippen LogP contribution in [0, 0.1) is 0 Å². The van der Waals surface area contributed by atoms with Gasteiger partial charge in [0.25, 0.3) is 0 Å². The summed E-state index contributed by atoms with van der Waals surface area (Å²) in [5, 5.41) is 0. The summed E-state index contributed by atoms with van der Waals surface area (Å²) in [6.07, 6.45) is 19.2. The molecule has 1 amide bonds. The van der Waals surface area contributed by atoms with Gasteiger partial charge in [-0.1, -0.05) is 90.9 Å². The van der Waals surface area contributed by atoms with Crippen LogP contribution in [0.4, 0.5) is 0 Å². The molecule has 0 spiro atoms. The second kappa shape index (κ2) is 25.7. The molecule has 0 aromatic carbocycles. The molecule has 0 aliphatic heterocycles. The maximum Gasteiger partial charge on any atom is 0.217 e. The van der Waals surface area contributed by atoms with E-state index in [1.165, 1.54) is 90.0 Å². The van der Waals surface area contributed by atoms with Gasteiger partial charge in [0.1, 0.15) is 0 Å². The second-order valence-electron chi connectivity index (χ2n) is 8.47. The summed E-state index contributed by atoms with van der Waals surface area (Å²) < 4.78 is 1.09. The third-order valence-corrected chi connectivity index (χ3v) is 4.42. The Bertz CT molecular complexity index is 281. The van der Waals surface area contributed by atoms with Crippen molar-refractivity contribution < 1.29 is 9.28 Å². The molecule has 0 aromatic heterocycles. The van der Waals surface area contributed by atoms with Gasteiger partial charge in [-0.2, -0.15) is 0 Å². The second-order valence-corrected chi connectivity index (χ2v) is 8.47. The highest BCUT2D eigenvalue weighted by molar-refractivity contribution is 5.85. The van der Waals surface area contributed by atoms with E-state index in [2.05, 4.69) is 35.0 Å². The number of primary amides is 1. The van der Waals surface area contributed by atoms with E-state index in [1.54, 1.807) is 0 Å². The normalized spacial score (nSPS) is 10.3. The van der Waals surface area contributed by atoms with Gasteiger partial charge in [0.2, 0.25) is 5.91 Å². The van der Waals surface area contributed by atoms with Crippen LogP contribution in [0.25, 0.3) is 0 Å². The molecule has 0 aromatic rings. The number of quaternary nitrogens is 1. The van der Waals surface area contributed by atoms with E-state index in [-0.39, 0.29) is 24.5 Å². The van der Waals surface area contributed by atoms with Crippen molar-refractivity contribution in [3.05, 3.63) is 0 Å². The Morgan fingerprint density at radius 3 is 1.22 bits per heavy atom. The number of carbonyl (C=O) groups is 1. The van der Waals surface area contributed by atoms with E-state index in [0.29, 0.717) is 6.42 Å². The molecule has 4 nitrogen and oxygen atoms in total. The van der Waals surface area contributed by atoms with Crippen LogP contribution in [-0.4, -0.2) is 38.1 Å². The maximum absolute atomic E-state index is 10.5. The Labute approximate surface area is 177 Å². The van der Waals surface area contributed by atoms with Crippen LogP contribution in [0.3, 0.4) is 0 Å². The molecular formula is C22H53ClN3O+. The average Bonchev–Trinajstić information content (AvgIpc) is 2.51. The van der Waals surface area contributed by atoms with Crippen molar-refractivity contribution in [2.75, 3.05) is 27.7 Å².